The molecule has 2 unspecified atom stereocenters. The summed E-state index contributed by atoms with van der Waals surface area (Å²) >= 11 is 1.53. The van der Waals surface area contributed by atoms with Crippen LogP contribution >= 0.6 is 11.8 Å². The van der Waals surface area contributed by atoms with E-state index < -0.39 is 8.07 Å². The zero-order chi connectivity index (χ0) is 14.5. The fourth-order valence-corrected chi connectivity index (χ4v) is 5.30. The van der Waals surface area contributed by atoms with Crippen molar-refractivity contribution in [1.29, 1.82) is 0 Å². The van der Waals surface area contributed by atoms with E-state index in [0.29, 0.717) is 5.54 Å². The van der Waals surface area contributed by atoms with Gasteiger partial charge in [-0.1, -0.05) is 43.6 Å². The van der Waals surface area contributed by atoms with Gasteiger partial charge in [0.1, 0.15) is 0 Å². The van der Waals surface area contributed by atoms with Crippen molar-refractivity contribution < 1.29 is 4.79 Å². The van der Waals surface area contributed by atoms with Gasteiger partial charge in [-0.15, -0.1) is 0 Å². The molecule has 0 spiro atoms. The first-order valence-corrected chi connectivity index (χ1v) is 11.5. The Labute approximate surface area is 125 Å². The van der Waals surface area contributed by atoms with Crippen molar-refractivity contribution in [3.8, 4) is 0 Å². The van der Waals surface area contributed by atoms with Crippen LogP contribution in [-0.4, -0.2) is 24.9 Å². The second-order valence-corrected chi connectivity index (χ2v) is 13.3. The third kappa shape index (κ3) is 2.44. The second kappa shape index (κ2) is 4.74. The van der Waals surface area contributed by atoms with E-state index in [1.165, 1.54) is 22.9 Å². The molecule has 0 aromatic heterocycles. The molecule has 0 aromatic rings. The van der Waals surface area contributed by atoms with Crippen LogP contribution in [0.3, 0.4) is 0 Å². The van der Waals surface area contributed by atoms with Crippen molar-refractivity contribution in [1.82, 2.24) is 0 Å². The molecular weight excluding hydrogens is 284 g/mol. The van der Waals surface area contributed by atoms with Crippen LogP contribution in [0.1, 0.15) is 12.8 Å². The number of nitrogens with two attached hydrogens (primary N) is 1. The number of amides is 1. The molecule has 2 aliphatic heterocycles. The van der Waals surface area contributed by atoms with Gasteiger partial charge in [0, 0.05) is 0 Å². The maximum absolute atomic E-state index is 11.3. The fourth-order valence-electron chi connectivity index (χ4n) is 2.78. The Bertz CT molecular complexity index is 595. The molecule has 20 heavy (non-hydrogen) atoms. The molecule has 0 saturated heterocycles. The summed E-state index contributed by atoms with van der Waals surface area (Å²) in [6, 6.07) is 0. The molecule has 0 aromatic carbocycles. The summed E-state index contributed by atoms with van der Waals surface area (Å²) in [7, 11) is -1.21. The highest BCUT2D eigenvalue weighted by Gasteiger charge is 2.34. The summed E-state index contributed by atoms with van der Waals surface area (Å²) in [6.45, 7) is 7.18. The fraction of sp³-hybridized carbons (Fsp3) is 0.467. The topological polar surface area (TPSA) is 55.4 Å². The lowest BCUT2D eigenvalue weighted by atomic mass is 9.92. The van der Waals surface area contributed by atoms with Crippen LogP contribution in [0.2, 0.25) is 25.2 Å². The lowest BCUT2D eigenvalue weighted by Gasteiger charge is -2.28. The van der Waals surface area contributed by atoms with E-state index in [9.17, 15) is 4.79 Å². The minimum Gasteiger partial charge on any atom is -0.369 e. The number of carbonyl (C=O) groups is 1. The molecule has 2 N–H and O–H groups in total. The Balaban J connectivity index is 1.86. The molecule has 2 heterocycles. The SMILES string of the molecule is C[Si](C)(C)C1C=CC2=NC3=C(CC2=C1)CC(C(N)=O)S3. The van der Waals surface area contributed by atoms with Crippen molar-refractivity contribution in [2.45, 2.75) is 43.3 Å². The first kappa shape index (κ1) is 13.9. The molecule has 5 heteroatoms. The third-order valence-electron chi connectivity index (χ3n) is 4.10. The van der Waals surface area contributed by atoms with E-state index in [-0.39, 0.29) is 11.2 Å². The van der Waals surface area contributed by atoms with Crippen molar-refractivity contribution in [3.63, 3.8) is 0 Å². The number of rotatable bonds is 2. The Morgan fingerprint density at radius 2 is 2.20 bits per heavy atom. The average molecular weight is 304 g/mol. The number of aliphatic imine (C=N–C) groups is 1. The van der Waals surface area contributed by atoms with E-state index in [2.05, 4.69) is 37.9 Å². The normalized spacial score (nSPS) is 28.8. The number of carbonyl (C=O) groups excluding carboxylic acids is 1. The monoisotopic (exact) mass is 304 g/mol. The largest absolute Gasteiger partial charge is 0.369 e. The minimum atomic E-state index is -1.21. The van der Waals surface area contributed by atoms with Gasteiger partial charge in [-0.25, -0.2) is 4.99 Å². The molecule has 3 rings (SSSR count). The molecule has 2 atom stereocenters. The lowest BCUT2D eigenvalue weighted by molar-refractivity contribution is -0.117. The van der Waals surface area contributed by atoms with E-state index in [1.54, 1.807) is 0 Å². The zero-order valence-corrected chi connectivity index (χ0v) is 14.0. The van der Waals surface area contributed by atoms with Crippen molar-refractivity contribution >= 4 is 31.5 Å². The summed E-state index contributed by atoms with van der Waals surface area (Å²) in [6.07, 6.45) is 8.57. The van der Waals surface area contributed by atoms with Gasteiger partial charge < -0.3 is 5.73 Å². The number of thioether (sulfide) groups is 1. The first-order chi connectivity index (χ1) is 9.34. The van der Waals surface area contributed by atoms with Crippen LogP contribution in [-0.2, 0) is 4.79 Å². The molecule has 0 fully saturated rings. The van der Waals surface area contributed by atoms with Crippen LogP contribution in [0.15, 0.2) is 39.4 Å². The minimum absolute atomic E-state index is 0.123. The van der Waals surface area contributed by atoms with Crippen LogP contribution in [0.5, 0.6) is 0 Å². The molecule has 3 nitrogen and oxygen atoms in total. The molecule has 0 radical (unpaired) electrons. The maximum Gasteiger partial charge on any atom is 0.231 e. The Hall–Kier alpha value is -1.07. The van der Waals surface area contributed by atoms with Crippen LogP contribution in [0.4, 0.5) is 0 Å². The highest BCUT2D eigenvalue weighted by atomic mass is 32.2. The van der Waals surface area contributed by atoms with E-state index in [1.807, 2.05) is 0 Å². The lowest BCUT2D eigenvalue weighted by Crippen LogP contribution is -2.28. The number of fused-ring (bicyclic) bond motifs is 1. The van der Waals surface area contributed by atoms with Gasteiger partial charge in [0.05, 0.1) is 24.1 Å². The van der Waals surface area contributed by atoms with Gasteiger partial charge in [0.15, 0.2) is 0 Å². The number of allylic oxidation sites excluding steroid dienone is 5. The summed E-state index contributed by atoms with van der Waals surface area (Å²) in [4.78, 5) is 16.1. The highest BCUT2D eigenvalue weighted by Crippen LogP contribution is 2.45. The van der Waals surface area contributed by atoms with Gasteiger partial charge in [0.2, 0.25) is 5.91 Å². The van der Waals surface area contributed by atoms with Gasteiger partial charge in [0.25, 0.3) is 0 Å². The first-order valence-electron chi connectivity index (χ1n) is 7.00. The predicted molar refractivity (Wildman–Crippen MR) is 88.6 cm³/mol. The number of primary amides is 1. The highest BCUT2D eigenvalue weighted by molar-refractivity contribution is 8.04. The summed E-state index contributed by atoms with van der Waals surface area (Å²) in [5.41, 5.74) is 9.71. The molecule has 3 aliphatic rings. The summed E-state index contributed by atoms with van der Waals surface area (Å²) < 4.78 is 0. The van der Waals surface area contributed by atoms with Crippen molar-refractivity contribution in [2.24, 2.45) is 10.7 Å². The summed E-state index contributed by atoms with van der Waals surface area (Å²) in [5.74, 6) is -0.225. The van der Waals surface area contributed by atoms with E-state index in [0.717, 1.165) is 23.6 Å². The van der Waals surface area contributed by atoms with Gasteiger partial charge in [-0.3, -0.25) is 4.79 Å². The third-order valence-corrected chi connectivity index (χ3v) is 7.75. The molecular formula is C15H20N2OSSi. The second-order valence-electron chi connectivity index (χ2n) is 6.74. The number of hydrogen-bond acceptors (Lipinski definition) is 3. The standard InChI is InChI=1S/C15H20N2OSSi/c1-20(2,3)11-4-5-12-9(7-11)6-10-8-13(14(16)18)19-15(10)17-12/h4-5,7,11,13H,6,8H2,1-3H3,(H2,16,18). The van der Waals surface area contributed by atoms with Gasteiger partial charge in [-0.05, 0) is 35.6 Å². The number of hydrogen-bond donors (Lipinski definition) is 1. The molecule has 0 saturated carbocycles. The Kier molecular flexibility index (Phi) is 3.29. The molecule has 1 amide bonds. The molecule has 0 bridgehead atoms. The van der Waals surface area contributed by atoms with Crippen molar-refractivity contribution in [3.05, 3.63) is 34.4 Å². The van der Waals surface area contributed by atoms with E-state index >= 15 is 0 Å². The van der Waals surface area contributed by atoms with Gasteiger partial charge >= 0.3 is 0 Å². The maximum atomic E-state index is 11.3. The van der Waals surface area contributed by atoms with Crippen LogP contribution in [0, 0.1) is 0 Å². The molecule has 1 aliphatic carbocycles. The van der Waals surface area contributed by atoms with Crippen molar-refractivity contribution in [2.75, 3.05) is 0 Å². The smallest absolute Gasteiger partial charge is 0.231 e. The average Bonchev–Trinajstić information content (AvgIpc) is 2.77. The number of nitrogens with zero attached hydrogens (tertiary/aromatic N) is 1. The quantitative estimate of drug-likeness (QED) is 0.796. The predicted octanol–water partition coefficient (Wildman–Crippen LogP) is 3.24. The van der Waals surface area contributed by atoms with Crippen LogP contribution < -0.4 is 5.73 Å². The van der Waals surface area contributed by atoms with E-state index in [4.69, 9.17) is 10.7 Å². The van der Waals surface area contributed by atoms with Gasteiger partial charge in [-0.2, -0.15) is 0 Å². The van der Waals surface area contributed by atoms with Crippen LogP contribution in [0.25, 0.3) is 0 Å². The molecule has 106 valence electrons. The Morgan fingerprint density at radius 1 is 1.45 bits per heavy atom. The Morgan fingerprint density at radius 3 is 2.85 bits per heavy atom. The summed E-state index contributed by atoms with van der Waals surface area (Å²) in [5, 5.41) is 0.902. The zero-order valence-electron chi connectivity index (χ0n) is 12.1.